The molecule has 1 heterocycles. The summed E-state index contributed by atoms with van der Waals surface area (Å²) < 4.78 is 0. The number of amides is 6. The standard InChI is InChI=1S/C28H40N6O7/c29-27(41)31-16-4-6-21(24(38)32-20-9-7-19(18-35)8-10-20)33-26(40)28(13-5-14-28)25(39)30-15-2-1-3-17-34-22(36)11-12-23(34)37/h7-12,21-22,35-36H,1-6,13-18H2,(H,30,39)(H,32,38)(H,33,40)(H3,29,31,41). The smallest absolute Gasteiger partial charge is 0.312 e. The number of benzene rings is 1. The first-order valence-electron chi connectivity index (χ1n) is 14.0. The van der Waals surface area contributed by atoms with Crippen LogP contribution in [0.15, 0.2) is 36.4 Å². The highest BCUT2D eigenvalue weighted by atomic mass is 16.3. The summed E-state index contributed by atoms with van der Waals surface area (Å²) >= 11 is 0. The van der Waals surface area contributed by atoms with E-state index in [2.05, 4.69) is 21.3 Å². The van der Waals surface area contributed by atoms with E-state index in [1.54, 1.807) is 24.3 Å². The van der Waals surface area contributed by atoms with E-state index in [0.717, 1.165) is 6.42 Å². The lowest BCUT2D eigenvalue weighted by Crippen LogP contribution is -2.58. The monoisotopic (exact) mass is 572 g/mol. The second-order valence-corrected chi connectivity index (χ2v) is 10.4. The van der Waals surface area contributed by atoms with Gasteiger partial charge in [-0.2, -0.15) is 0 Å². The summed E-state index contributed by atoms with van der Waals surface area (Å²) in [7, 11) is 0. The quantitative estimate of drug-likeness (QED) is 0.108. The first-order chi connectivity index (χ1) is 19.7. The maximum Gasteiger partial charge on any atom is 0.312 e. The van der Waals surface area contributed by atoms with Crippen molar-refractivity contribution < 1.29 is 34.2 Å². The Balaban J connectivity index is 1.52. The Kier molecular flexibility index (Phi) is 11.7. The highest BCUT2D eigenvalue weighted by Gasteiger charge is 2.51. The molecule has 0 saturated heterocycles. The minimum Gasteiger partial charge on any atom is -0.392 e. The molecule has 1 aromatic carbocycles. The Morgan fingerprint density at radius 3 is 2.29 bits per heavy atom. The molecule has 1 aliphatic carbocycles. The van der Waals surface area contributed by atoms with Crippen molar-refractivity contribution in [2.45, 2.75) is 70.2 Å². The minimum atomic E-state index is -1.26. The number of nitrogens with zero attached hydrogens (tertiary/aromatic N) is 1. The number of rotatable bonds is 16. The first-order valence-corrected chi connectivity index (χ1v) is 14.0. The highest BCUT2D eigenvalue weighted by molar-refractivity contribution is 6.07. The number of primary amides is 1. The molecule has 2 atom stereocenters. The third-order valence-electron chi connectivity index (χ3n) is 7.45. The van der Waals surface area contributed by atoms with Gasteiger partial charge in [0.25, 0.3) is 0 Å². The maximum atomic E-state index is 13.4. The molecular formula is C28H40N6O7. The number of urea groups is 1. The van der Waals surface area contributed by atoms with Crippen LogP contribution in [-0.4, -0.2) is 76.7 Å². The minimum absolute atomic E-state index is 0.134. The molecule has 1 saturated carbocycles. The molecule has 0 spiro atoms. The highest BCUT2D eigenvalue weighted by Crippen LogP contribution is 2.41. The zero-order chi connectivity index (χ0) is 29.8. The van der Waals surface area contributed by atoms with Crippen LogP contribution in [-0.2, 0) is 25.8 Å². The van der Waals surface area contributed by atoms with Gasteiger partial charge in [0.2, 0.25) is 23.6 Å². The van der Waals surface area contributed by atoms with Gasteiger partial charge in [-0.25, -0.2) is 4.79 Å². The van der Waals surface area contributed by atoms with Gasteiger partial charge < -0.3 is 42.1 Å². The summed E-state index contributed by atoms with van der Waals surface area (Å²) in [4.78, 5) is 63.6. The van der Waals surface area contributed by atoms with Crippen molar-refractivity contribution in [1.82, 2.24) is 20.9 Å². The zero-order valence-corrected chi connectivity index (χ0v) is 23.1. The molecule has 0 radical (unpaired) electrons. The second-order valence-electron chi connectivity index (χ2n) is 10.4. The van der Waals surface area contributed by atoms with Gasteiger partial charge in [0, 0.05) is 31.4 Å². The summed E-state index contributed by atoms with van der Waals surface area (Å²) in [5.74, 6) is -1.60. The van der Waals surface area contributed by atoms with Gasteiger partial charge in [-0.15, -0.1) is 0 Å². The molecule has 2 unspecified atom stereocenters. The van der Waals surface area contributed by atoms with Crippen molar-refractivity contribution in [3.05, 3.63) is 42.0 Å². The van der Waals surface area contributed by atoms with Crippen LogP contribution in [0.3, 0.4) is 0 Å². The molecule has 224 valence electrons. The van der Waals surface area contributed by atoms with E-state index < -0.39 is 35.5 Å². The van der Waals surface area contributed by atoms with Crippen molar-refractivity contribution >= 4 is 35.3 Å². The number of aliphatic hydroxyl groups is 2. The van der Waals surface area contributed by atoms with E-state index in [1.165, 1.54) is 17.1 Å². The number of aliphatic hydroxyl groups excluding tert-OH is 2. The third-order valence-corrected chi connectivity index (χ3v) is 7.45. The maximum absolute atomic E-state index is 13.4. The molecule has 1 aromatic rings. The van der Waals surface area contributed by atoms with E-state index in [9.17, 15) is 34.2 Å². The van der Waals surface area contributed by atoms with Crippen LogP contribution < -0.4 is 27.0 Å². The summed E-state index contributed by atoms with van der Waals surface area (Å²) in [5.41, 5.74) is 5.01. The number of unbranched alkanes of at least 4 members (excludes halogenated alkanes) is 2. The fraction of sp³-hybridized carbons (Fsp3) is 0.536. The lowest BCUT2D eigenvalue weighted by atomic mass is 9.67. The number of carbonyl (C=O) groups is 5. The van der Waals surface area contributed by atoms with Gasteiger partial charge >= 0.3 is 6.03 Å². The van der Waals surface area contributed by atoms with Crippen molar-refractivity contribution in [2.24, 2.45) is 11.1 Å². The molecule has 13 nitrogen and oxygen atoms in total. The normalized spacial score (nSPS) is 17.9. The fourth-order valence-electron chi connectivity index (χ4n) is 4.79. The van der Waals surface area contributed by atoms with Crippen molar-refractivity contribution in [3.8, 4) is 0 Å². The Labute approximate surface area is 238 Å². The Morgan fingerprint density at radius 1 is 1.00 bits per heavy atom. The van der Waals surface area contributed by atoms with Gasteiger partial charge in [-0.05, 0) is 68.7 Å². The van der Waals surface area contributed by atoms with Crippen LogP contribution in [0.1, 0.15) is 56.9 Å². The first kappa shape index (κ1) is 31.6. The van der Waals surface area contributed by atoms with Crippen LogP contribution in [0.5, 0.6) is 0 Å². The number of carbonyl (C=O) groups excluding carboxylic acids is 5. The van der Waals surface area contributed by atoms with E-state index in [1.807, 2.05) is 0 Å². The number of hydrogen-bond acceptors (Lipinski definition) is 7. The molecular weight excluding hydrogens is 532 g/mol. The topological polar surface area (TPSA) is 203 Å². The number of nitrogens with two attached hydrogens (primary N) is 1. The van der Waals surface area contributed by atoms with Crippen molar-refractivity contribution in [2.75, 3.05) is 25.0 Å². The fourth-order valence-corrected chi connectivity index (χ4v) is 4.79. The van der Waals surface area contributed by atoms with Crippen molar-refractivity contribution in [1.29, 1.82) is 0 Å². The van der Waals surface area contributed by atoms with Crippen LogP contribution >= 0.6 is 0 Å². The SMILES string of the molecule is NC(=O)NCCCC(NC(=O)C1(C(=O)NCCCCCN2C(=O)C=CC2O)CCC1)C(=O)Nc1ccc(CO)cc1. The summed E-state index contributed by atoms with van der Waals surface area (Å²) in [6.07, 6.45) is 5.92. The Morgan fingerprint density at radius 2 is 1.71 bits per heavy atom. The lowest BCUT2D eigenvalue weighted by molar-refractivity contribution is -0.150. The molecule has 41 heavy (non-hydrogen) atoms. The molecule has 3 rings (SSSR count). The molecule has 8 N–H and O–H groups in total. The summed E-state index contributed by atoms with van der Waals surface area (Å²) in [6.45, 7) is 0.852. The molecule has 1 fully saturated rings. The Hall–Kier alpha value is -3.97. The summed E-state index contributed by atoms with van der Waals surface area (Å²) in [6, 6.07) is 4.96. The van der Waals surface area contributed by atoms with Gasteiger partial charge in [0.1, 0.15) is 17.7 Å². The van der Waals surface area contributed by atoms with Gasteiger partial charge in [-0.3, -0.25) is 19.2 Å². The van der Waals surface area contributed by atoms with Gasteiger partial charge in [0.05, 0.1) is 6.61 Å². The van der Waals surface area contributed by atoms with Crippen LogP contribution in [0.4, 0.5) is 10.5 Å². The molecule has 1 aliphatic heterocycles. The van der Waals surface area contributed by atoms with Crippen molar-refractivity contribution in [3.63, 3.8) is 0 Å². The number of hydrogen-bond donors (Lipinski definition) is 7. The van der Waals surface area contributed by atoms with E-state index in [0.29, 0.717) is 62.9 Å². The number of anilines is 1. The molecule has 2 aliphatic rings. The second kappa shape index (κ2) is 15.1. The molecule has 0 bridgehead atoms. The van der Waals surface area contributed by atoms with E-state index >= 15 is 0 Å². The van der Waals surface area contributed by atoms with Crippen LogP contribution in [0.2, 0.25) is 0 Å². The third kappa shape index (κ3) is 8.76. The molecule has 0 aromatic heterocycles. The summed E-state index contributed by atoms with van der Waals surface area (Å²) in [5, 5.41) is 29.8. The van der Waals surface area contributed by atoms with E-state index in [4.69, 9.17) is 5.73 Å². The predicted octanol–water partition coefficient (Wildman–Crippen LogP) is 0.224. The average molecular weight is 573 g/mol. The van der Waals surface area contributed by atoms with Crippen LogP contribution in [0.25, 0.3) is 0 Å². The molecule has 6 amide bonds. The van der Waals surface area contributed by atoms with E-state index in [-0.39, 0.29) is 31.4 Å². The predicted molar refractivity (Wildman–Crippen MR) is 150 cm³/mol. The molecule has 13 heteroatoms. The average Bonchev–Trinajstić information content (AvgIpc) is 3.24. The largest absolute Gasteiger partial charge is 0.392 e. The zero-order valence-electron chi connectivity index (χ0n) is 23.1. The Bertz CT molecular complexity index is 1120. The lowest BCUT2D eigenvalue weighted by Gasteiger charge is -2.39. The van der Waals surface area contributed by atoms with Gasteiger partial charge in [0.15, 0.2) is 0 Å². The number of nitrogens with one attached hydrogen (secondary N) is 4. The van der Waals surface area contributed by atoms with Gasteiger partial charge in [-0.1, -0.05) is 18.6 Å². The van der Waals surface area contributed by atoms with Crippen LogP contribution in [0, 0.1) is 5.41 Å².